The summed E-state index contributed by atoms with van der Waals surface area (Å²) in [5.74, 6) is 1.03. The molecule has 5 rings (SSSR count). The van der Waals surface area contributed by atoms with Gasteiger partial charge in [-0.15, -0.1) is 0 Å². The number of fused-ring (bicyclic) bond motifs is 3. The van der Waals surface area contributed by atoms with Crippen molar-refractivity contribution in [1.82, 2.24) is 24.3 Å². The molecule has 5 aromatic rings. The molecule has 1 aromatic carbocycles. The van der Waals surface area contributed by atoms with E-state index in [4.69, 9.17) is 37.7 Å². The van der Waals surface area contributed by atoms with E-state index in [9.17, 15) is 4.79 Å². The van der Waals surface area contributed by atoms with Crippen molar-refractivity contribution in [1.29, 1.82) is 0 Å². The van der Waals surface area contributed by atoms with E-state index in [2.05, 4.69) is 32.2 Å². The number of aromatic nitrogens is 5. The van der Waals surface area contributed by atoms with Gasteiger partial charge in [0.25, 0.3) is 0 Å². The highest BCUT2D eigenvalue weighted by molar-refractivity contribution is 6.41. The minimum Gasteiger partial charge on any atom is -0.495 e. The van der Waals surface area contributed by atoms with Crippen LogP contribution in [0.3, 0.4) is 0 Å². The number of pyridine rings is 2. The molecule has 0 fully saturated rings. The minimum atomic E-state index is -0.290. The molecular formula is C28H25Cl2N7O3. The Hall–Kier alpha value is -4.41. The Bertz CT molecular complexity index is 1730. The number of rotatable bonds is 9. The zero-order valence-electron chi connectivity index (χ0n) is 22.0. The number of amides is 1. The number of carbonyl (C=O) groups excluding carboxylic acids is 1. The van der Waals surface area contributed by atoms with Gasteiger partial charge in [0.1, 0.15) is 17.1 Å². The molecular weight excluding hydrogens is 553 g/mol. The summed E-state index contributed by atoms with van der Waals surface area (Å²) < 4.78 is 12.9. The maximum Gasteiger partial charge on any atom is 0.247 e. The van der Waals surface area contributed by atoms with Crippen molar-refractivity contribution in [3.63, 3.8) is 0 Å². The van der Waals surface area contributed by atoms with Crippen LogP contribution in [-0.4, -0.2) is 51.5 Å². The normalized spacial score (nSPS) is 11.0. The third-order valence-corrected chi connectivity index (χ3v) is 7.05. The standard InChI is InChI=1S/C28H25Cl2N7O3/c1-5-22(38)34-17-8-6-16(32-13-17)7-9-18-14-37-26-15(12-33-28(31-2)36-26)10-19(27(37)35-18)23-24(29)20(39-3)11-21(40-4)25(23)30/h5-6,8,10-14H,1,7,9H2,2-4H3,(H,34,38)(H,31,33,36). The van der Waals surface area contributed by atoms with E-state index in [0.29, 0.717) is 68.4 Å². The summed E-state index contributed by atoms with van der Waals surface area (Å²) in [5.41, 5.74) is 4.73. The van der Waals surface area contributed by atoms with Gasteiger partial charge >= 0.3 is 0 Å². The average molecular weight is 578 g/mol. The van der Waals surface area contributed by atoms with Crippen molar-refractivity contribution < 1.29 is 14.3 Å². The number of methoxy groups -OCH3 is 2. The number of hydrogen-bond acceptors (Lipinski definition) is 8. The average Bonchev–Trinajstić information content (AvgIpc) is 3.41. The van der Waals surface area contributed by atoms with Crippen molar-refractivity contribution in [3.8, 4) is 22.6 Å². The molecule has 204 valence electrons. The Labute approximate surface area is 240 Å². The van der Waals surface area contributed by atoms with E-state index in [0.717, 1.165) is 16.8 Å². The fourth-order valence-corrected chi connectivity index (χ4v) is 5.02. The van der Waals surface area contributed by atoms with Crippen LogP contribution in [0.1, 0.15) is 11.4 Å². The molecule has 10 nitrogen and oxygen atoms in total. The Morgan fingerprint density at radius 1 is 1.00 bits per heavy atom. The lowest BCUT2D eigenvalue weighted by Crippen LogP contribution is -2.07. The van der Waals surface area contributed by atoms with Gasteiger partial charge in [0.05, 0.1) is 41.8 Å². The molecule has 0 saturated carbocycles. The first-order valence-corrected chi connectivity index (χ1v) is 13.0. The van der Waals surface area contributed by atoms with Gasteiger partial charge in [-0.25, -0.2) is 9.97 Å². The van der Waals surface area contributed by atoms with Crippen molar-refractivity contribution >= 4 is 57.4 Å². The number of nitrogens with zero attached hydrogens (tertiary/aromatic N) is 5. The highest BCUT2D eigenvalue weighted by atomic mass is 35.5. The number of halogens is 2. The Morgan fingerprint density at radius 3 is 2.35 bits per heavy atom. The number of anilines is 2. The van der Waals surface area contributed by atoms with Crippen molar-refractivity contribution in [2.45, 2.75) is 12.8 Å². The predicted octanol–water partition coefficient (Wildman–Crippen LogP) is 5.61. The third-order valence-electron chi connectivity index (χ3n) is 6.30. The van der Waals surface area contributed by atoms with Crippen LogP contribution in [0.25, 0.3) is 27.8 Å². The van der Waals surface area contributed by atoms with Gasteiger partial charge in [-0.2, -0.15) is 4.98 Å². The predicted molar refractivity (Wildman–Crippen MR) is 157 cm³/mol. The number of carbonyl (C=O) groups is 1. The van der Waals surface area contributed by atoms with E-state index in [1.807, 2.05) is 22.7 Å². The van der Waals surface area contributed by atoms with Crippen LogP contribution >= 0.6 is 23.2 Å². The molecule has 0 atom stereocenters. The molecule has 0 aliphatic rings. The molecule has 40 heavy (non-hydrogen) atoms. The van der Waals surface area contributed by atoms with Crippen molar-refractivity contribution in [2.24, 2.45) is 0 Å². The van der Waals surface area contributed by atoms with E-state index in [1.165, 1.54) is 20.3 Å². The van der Waals surface area contributed by atoms with E-state index in [1.54, 1.807) is 31.6 Å². The van der Waals surface area contributed by atoms with Crippen molar-refractivity contribution in [2.75, 3.05) is 31.9 Å². The van der Waals surface area contributed by atoms with Crippen LogP contribution < -0.4 is 20.1 Å². The van der Waals surface area contributed by atoms with Gasteiger partial charge in [-0.3, -0.25) is 14.2 Å². The second-order valence-electron chi connectivity index (χ2n) is 8.72. The highest BCUT2D eigenvalue weighted by Crippen LogP contribution is 2.47. The van der Waals surface area contributed by atoms with E-state index < -0.39 is 0 Å². The molecule has 1 amide bonds. The van der Waals surface area contributed by atoms with Gasteiger partial charge in [-0.1, -0.05) is 29.8 Å². The summed E-state index contributed by atoms with van der Waals surface area (Å²) in [6, 6.07) is 7.22. The first kappa shape index (κ1) is 27.2. The highest BCUT2D eigenvalue weighted by Gasteiger charge is 2.23. The minimum absolute atomic E-state index is 0.290. The topological polar surface area (TPSA) is 116 Å². The zero-order chi connectivity index (χ0) is 28.4. The van der Waals surface area contributed by atoms with Crippen LogP contribution in [0.4, 0.5) is 11.6 Å². The number of hydrogen-bond donors (Lipinski definition) is 2. The summed E-state index contributed by atoms with van der Waals surface area (Å²) >= 11 is 13.6. The molecule has 0 radical (unpaired) electrons. The van der Waals surface area contributed by atoms with Gasteiger partial charge < -0.3 is 20.1 Å². The number of imidazole rings is 1. The number of benzene rings is 1. The van der Waals surface area contributed by atoms with Gasteiger partial charge in [-0.05, 0) is 37.1 Å². The summed E-state index contributed by atoms with van der Waals surface area (Å²) in [5, 5.41) is 7.10. The van der Waals surface area contributed by atoms with Gasteiger partial charge in [0.15, 0.2) is 5.65 Å². The van der Waals surface area contributed by atoms with Crippen LogP contribution in [0.15, 0.2) is 55.5 Å². The molecule has 0 saturated heterocycles. The molecule has 4 aromatic heterocycles. The first-order chi connectivity index (χ1) is 19.4. The third kappa shape index (κ3) is 5.11. The largest absolute Gasteiger partial charge is 0.495 e. The molecule has 0 spiro atoms. The van der Waals surface area contributed by atoms with Gasteiger partial charge in [0.2, 0.25) is 11.9 Å². The lowest BCUT2D eigenvalue weighted by molar-refractivity contribution is -0.111. The maximum atomic E-state index is 11.5. The van der Waals surface area contributed by atoms with E-state index in [-0.39, 0.29) is 5.91 Å². The fourth-order valence-electron chi connectivity index (χ4n) is 4.32. The lowest BCUT2D eigenvalue weighted by Gasteiger charge is -2.16. The van der Waals surface area contributed by atoms with Crippen molar-refractivity contribution in [3.05, 3.63) is 76.9 Å². The van der Waals surface area contributed by atoms with Gasteiger partial charge in [0, 0.05) is 47.7 Å². The number of ether oxygens (including phenoxy) is 2. The summed E-state index contributed by atoms with van der Waals surface area (Å²) in [7, 11) is 4.82. The zero-order valence-corrected chi connectivity index (χ0v) is 23.5. The van der Waals surface area contributed by atoms with Crippen LogP contribution in [0.5, 0.6) is 11.5 Å². The molecule has 4 heterocycles. The second-order valence-corrected chi connectivity index (χ2v) is 9.48. The molecule has 0 aliphatic carbocycles. The first-order valence-electron chi connectivity index (χ1n) is 12.2. The molecule has 2 N–H and O–H groups in total. The van der Waals surface area contributed by atoms with Crippen LogP contribution in [0, 0.1) is 0 Å². The quantitative estimate of drug-likeness (QED) is 0.217. The second kappa shape index (κ2) is 11.4. The molecule has 0 unspecified atom stereocenters. The summed E-state index contributed by atoms with van der Waals surface area (Å²) in [6.07, 6.45) is 7.71. The summed E-state index contributed by atoms with van der Waals surface area (Å²) in [4.78, 5) is 30.0. The lowest BCUT2D eigenvalue weighted by atomic mass is 10.0. The number of nitrogens with one attached hydrogen (secondary N) is 2. The smallest absolute Gasteiger partial charge is 0.247 e. The monoisotopic (exact) mass is 577 g/mol. The van der Waals surface area contributed by atoms with Crippen LogP contribution in [-0.2, 0) is 17.6 Å². The molecule has 0 bridgehead atoms. The van der Waals surface area contributed by atoms with Crippen LogP contribution in [0.2, 0.25) is 10.0 Å². The number of aryl methyl sites for hydroxylation is 2. The fraction of sp³-hybridized carbons (Fsp3) is 0.179. The van der Waals surface area contributed by atoms with E-state index >= 15 is 0 Å². The summed E-state index contributed by atoms with van der Waals surface area (Å²) in [6.45, 7) is 3.46. The maximum absolute atomic E-state index is 11.5. The molecule has 12 heteroatoms. The molecule has 0 aliphatic heterocycles. The Morgan fingerprint density at radius 2 is 1.73 bits per heavy atom. The SMILES string of the molecule is C=CC(=O)Nc1ccc(CCc2cn3c(n2)c(-c2c(Cl)c(OC)cc(OC)c2Cl)cc2cnc(NC)nc23)nc1. The Balaban J connectivity index is 1.60. The Kier molecular flexibility index (Phi) is 7.72.